The third-order valence-corrected chi connectivity index (χ3v) is 9.63. The molecule has 4 aromatic rings. The molecule has 0 nitrogen and oxygen atoms in total. The molecule has 0 aromatic heterocycles. The number of hydrogen-bond donors (Lipinski definition) is 0. The summed E-state index contributed by atoms with van der Waals surface area (Å²) in [5.41, 5.74) is 0. The monoisotopic (exact) mass is 390 g/mol. The Bertz CT molecular complexity index is 785. The summed E-state index contributed by atoms with van der Waals surface area (Å²) in [4.78, 5) is 0. The van der Waals surface area contributed by atoms with Crippen molar-refractivity contribution in [3.63, 3.8) is 0 Å². The Morgan fingerprint density at radius 2 is 0.571 bits per heavy atom. The van der Waals surface area contributed by atoms with Crippen molar-refractivity contribution in [3.05, 3.63) is 127 Å². The zero-order chi connectivity index (χ0) is 18.3. The molecule has 0 radical (unpaired) electrons. The van der Waals surface area contributed by atoms with E-state index >= 15 is 0 Å². The Balaban J connectivity index is 0.00000225. The molecule has 0 heterocycles. The van der Waals surface area contributed by atoms with Crippen LogP contribution in [0.25, 0.3) is 0 Å². The first-order valence-electron chi connectivity index (χ1n) is 9.05. The number of hydrogen-bond acceptors (Lipinski definition) is 0. The molecule has 4 aromatic carbocycles. The summed E-state index contributed by atoms with van der Waals surface area (Å²) < 4.78 is 0. The van der Waals surface area contributed by atoms with Crippen molar-refractivity contribution in [3.8, 4) is 0 Å². The van der Waals surface area contributed by atoms with Gasteiger partial charge in [-0.25, -0.2) is 0 Å². The molecule has 0 bridgehead atoms. The van der Waals surface area contributed by atoms with Crippen molar-refractivity contribution in [2.24, 2.45) is 0 Å². The van der Waals surface area contributed by atoms with Crippen LogP contribution in [-0.2, 0) is 0 Å². The molecule has 0 aliphatic rings. The van der Waals surface area contributed by atoms with E-state index in [9.17, 15) is 0 Å². The molecule has 0 amide bonds. The standard InChI is InChI=1S/C25H21P2.Li/c1-5-13-22(14-6-1)26(23-15-7-2-8-16-23)21-27(24-17-9-3-10-18-24)25-19-11-4-12-20-25;/h1-21H;/q-1;+1. The predicted octanol–water partition coefficient (Wildman–Crippen LogP) is 2.38. The Labute approximate surface area is 182 Å². The van der Waals surface area contributed by atoms with Crippen molar-refractivity contribution in [1.29, 1.82) is 0 Å². The molecule has 0 saturated heterocycles. The van der Waals surface area contributed by atoms with Gasteiger partial charge in [0.25, 0.3) is 0 Å². The van der Waals surface area contributed by atoms with Gasteiger partial charge < -0.3 is 0 Å². The maximum atomic E-state index is 2.61. The van der Waals surface area contributed by atoms with E-state index in [1.165, 1.54) is 21.2 Å². The largest absolute Gasteiger partial charge is 1.00 e. The zero-order valence-electron chi connectivity index (χ0n) is 16.0. The van der Waals surface area contributed by atoms with Gasteiger partial charge in [-0.05, 0) is 0 Å². The molecule has 0 spiro atoms. The molecule has 0 N–H and O–H groups in total. The average molecular weight is 390 g/mol. The predicted molar refractivity (Wildman–Crippen MR) is 122 cm³/mol. The molecule has 0 atom stereocenters. The van der Waals surface area contributed by atoms with E-state index in [4.69, 9.17) is 0 Å². The van der Waals surface area contributed by atoms with Gasteiger partial charge in [0, 0.05) is 0 Å². The van der Waals surface area contributed by atoms with E-state index in [0.717, 1.165) is 0 Å². The normalized spacial score (nSPS) is 10.6. The fraction of sp³-hybridized carbons (Fsp3) is 0. The van der Waals surface area contributed by atoms with Crippen molar-refractivity contribution in [1.82, 2.24) is 0 Å². The third kappa shape index (κ3) is 5.23. The SMILES string of the molecule is [Li+].c1ccc(P([CH-]P(c2ccccc2)c2ccccc2)c2ccccc2)cc1. The fourth-order valence-electron chi connectivity index (χ4n) is 3.03. The van der Waals surface area contributed by atoms with Gasteiger partial charge in [-0.2, -0.15) is 15.8 Å². The van der Waals surface area contributed by atoms with Crippen LogP contribution < -0.4 is 40.1 Å². The molecule has 28 heavy (non-hydrogen) atoms. The van der Waals surface area contributed by atoms with Crippen molar-refractivity contribution >= 4 is 37.1 Å². The molecule has 0 aliphatic heterocycles. The summed E-state index contributed by atoms with van der Waals surface area (Å²) in [7, 11) is -1.07. The molecule has 4 rings (SSSR count). The Morgan fingerprint density at radius 3 is 0.786 bits per heavy atom. The van der Waals surface area contributed by atoms with E-state index < -0.39 is 15.8 Å². The summed E-state index contributed by atoms with van der Waals surface area (Å²) in [5, 5.41) is 5.60. The molecule has 0 saturated carbocycles. The molecule has 3 heteroatoms. The van der Waals surface area contributed by atoms with Gasteiger partial charge in [0.05, 0.1) is 0 Å². The van der Waals surface area contributed by atoms with Crippen LogP contribution >= 0.6 is 15.8 Å². The Kier molecular flexibility index (Phi) is 8.10. The minimum Gasteiger partial charge on any atom is -0.259 e. The second kappa shape index (κ2) is 10.8. The van der Waals surface area contributed by atoms with Crippen LogP contribution in [0.1, 0.15) is 0 Å². The number of benzene rings is 4. The van der Waals surface area contributed by atoms with Gasteiger partial charge in [-0.3, -0.25) is 5.90 Å². The first kappa shape index (κ1) is 21.1. The van der Waals surface area contributed by atoms with Crippen LogP contribution in [-0.4, -0.2) is 0 Å². The topological polar surface area (TPSA) is 0 Å². The molecule has 0 fully saturated rings. The van der Waals surface area contributed by atoms with Gasteiger partial charge in [0.2, 0.25) is 0 Å². The fourth-order valence-corrected chi connectivity index (χ4v) is 8.66. The molecular weight excluding hydrogens is 369 g/mol. The van der Waals surface area contributed by atoms with Gasteiger partial charge >= 0.3 is 18.9 Å². The van der Waals surface area contributed by atoms with Crippen molar-refractivity contribution in [2.45, 2.75) is 0 Å². The molecule has 0 aliphatic carbocycles. The van der Waals surface area contributed by atoms with E-state index in [2.05, 4.69) is 127 Å². The van der Waals surface area contributed by atoms with Crippen LogP contribution in [0.3, 0.4) is 0 Å². The van der Waals surface area contributed by atoms with Crippen LogP contribution in [0.15, 0.2) is 121 Å². The van der Waals surface area contributed by atoms with Crippen LogP contribution in [0.2, 0.25) is 0 Å². The summed E-state index contributed by atoms with van der Waals surface area (Å²) in [6.45, 7) is 0. The van der Waals surface area contributed by atoms with E-state index in [0.29, 0.717) is 0 Å². The van der Waals surface area contributed by atoms with E-state index in [1.807, 2.05) is 0 Å². The molecule has 0 unspecified atom stereocenters. The zero-order valence-corrected chi connectivity index (χ0v) is 17.8. The summed E-state index contributed by atoms with van der Waals surface area (Å²) in [6, 6.07) is 43.7. The van der Waals surface area contributed by atoms with Gasteiger partial charge in [-0.15, -0.1) is 0 Å². The van der Waals surface area contributed by atoms with Crippen LogP contribution in [0, 0.1) is 5.90 Å². The second-order valence-corrected chi connectivity index (χ2v) is 10.7. The van der Waals surface area contributed by atoms with Crippen LogP contribution in [0.5, 0.6) is 0 Å². The van der Waals surface area contributed by atoms with Crippen LogP contribution in [0.4, 0.5) is 0 Å². The van der Waals surface area contributed by atoms with Crippen molar-refractivity contribution in [2.75, 3.05) is 0 Å². The van der Waals surface area contributed by atoms with Gasteiger partial charge in [0.15, 0.2) is 0 Å². The Hall–Kier alpha value is -1.66. The second-order valence-electron chi connectivity index (χ2n) is 6.20. The molecule has 132 valence electrons. The molecular formula is C25H21LiP2. The van der Waals surface area contributed by atoms with Gasteiger partial charge in [0.1, 0.15) is 0 Å². The van der Waals surface area contributed by atoms with Gasteiger partial charge in [-0.1, -0.05) is 143 Å². The average Bonchev–Trinajstić information content (AvgIpc) is 2.77. The third-order valence-electron chi connectivity index (χ3n) is 4.37. The minimum atomic E-state index is -0.534. The van der Waals surface area contributed by atoms with E-state index in [-0.39, 0.29) is 18.9 Å². The minimum absolute atomic E-state index is 0. The summed E-state index contributed by atoms with van der Waals surface area (Å²) in [6.07, 6.45) is 0. The quantitative estimate of drug-likeness (QED) is 0.270. The summed E-state index contributed by atoms with van der Waals surface area (Å²) in [5.74, 6) is 2.61. The number of rotatable bonds is 6. The Morgan fingerprint density at radius 1 is 0.357 bits per heavy atom. The first-order valence-corrected chi connectivity index (χ1v) is 11.9. The van der Waals surface area contributed by atoms with E-state index in [1.54, 1.807) is 0 Å². The maximum Gasteiger partial charge on any atom is 1.00 e. The maximum absolute atomic E-state index is 2.61. The van der Waals surface area contributed by atoms with Crippen molar-refractivity contribution < 1.29 is 18.9 Å². The smallest absolute Gasteiger partial charge is 0.259 e. The summed E-state index contributed by atoms with van der Waals surface area (Å²) >= 11 is 0. The first-order chi connectivity index (χ1) is 13.4.